The molecule has 0 aliphatic carbocycles. The van der Waals surface area contributed by atoms with Gasteiger partial charge in [-0.15, -0.1) is 11.6 Å². The van der Waals surface area contributed by atoms with Gasteiger partial charge in [0.05, 0.1) is 12.0 Å². The lowest BCUT2D eigenvalue weighted by atomic mass is 10.0. The molecule has 0 heterocycles. The van der Waals surface area contributed by atoms with Gasteiger partial charge in [0.2, 0.25) is 0 Å². The normalized spacial score (nSPS) is 12.2. The van der Waals surface area contributed by atoms with E-state index in [0.717, 1.165) is 11.3 Å². The first-order valence-corrected chi connectivity index (χ1v) is 6.88. The number of rotatable bonds is 5. The van der Waals surface area contributed by atoms with Crippen LogP contribution < -0.4 is 5.32 Å². The Hall–Kier alpha value is -1.51. The molecule has 0 aromatic heterocycles. The van der Waals surface area contributed by atoms with E-state index in [2.05, 4.69) is 36.5 Å². The van der Waals surface area contributed by atoms with Gasteiger partial charge in [-0.05, 0) is 35.7 Å². The summed E-state index contributed by atoms with van der Waals surface area (Å²) in [5, 5.41) is 12.7. The second-order valence-corrected chi connectivity index (χ2v) is 4.89. The van der Waals surface area contributed by atoms with Crippen LogP contribution in [-0.2, 0) is 0 Å². The quantitative estimate of drug-likeness (QED) is 0.816. The fraction of sp³-hybridized carbons (Fsp3) is 0.250. The van der Waals surface area contributed by atoms with Gasteiger partial charge in [0.1, 0.15) is 0 Å². The third-order valence-electron chi connectivity index (χ3n) is 3.04. The van der Waals surface area contributed by atoms with E-state index in [9.17, 15) is 5.11 Å². The van der Waals surface area contributed by atoms with E-state index in [-0.39, 0.29) is 5.88 Å². The average Bonchev–Trinajstić information content (AvgIpc) is 2.46. The van der Waals surface area contributed by atoms with Crippen molar-refractivity contribution in [3.8, 4) is 11.1 Å². The van der Waals surface area contributed by atoms with Crippen LogP contribution >= 0.6 is 11.6 Å². The monoisotopic (exact) mass is 275 g/mol. The van der Waals surface area contributed by atoms with Gasteiger partial charge in [0, 0.05) is 12.2 Å². The number of hydrogen-bond donors (Lipinski definition) is 2. The van der Waals surface area contributed by atoms with E-state index in [0.29, 0.717) is 6.54 Å². The molecule has 0 amide bonds. The van der Waals surface area contributed by atoms with Crippen molar-refractivity contribution in [3.05, 3.63) is 54.1 Å². The molecule has 1 unspecified atom stereocenters. The SMILES string of the molecule is Cc1cc(-c2ccccc2)ccc1NCC(O)CCl. The van der Waals surface area contributed by atoms with Crippen LogP contribution in [0.1, 0.15) is 5.56 Å². The lowest BCUT2D eigenvalue weighted by Gasteiger charge is -2.13. The van der Waals surface area contributed by atoms with Crippen LogP contribution in [0.4, 0.5) is 5.69 Å². The first-order chi connectivity index (χ1) is 9.20. The standard InChI is InChI=1S/C16H18ClNO/c1-12-9-14(13-5-3-2-4-6-13)7-8-16(12)18-11-15(19)10-17/h2-9,15,18-19H,10-11H2,1H3. The van der Waals surface area contributed by atoms with Gasteiger partial charge >= 0.3 is 0 Å². The molecular formula is C16H18ClNO. The summed E-state index contributed by atoms with van der Waals surface area (Å²) in [5.41, 5.74) is 4.59. The largest absolute Gasteiger partial charge is 0.390 e. The Bertz CT molecular complexity index is 528. The Balaban J connectivity index is 2.13. The van der Waals surface area contributed by atoms with Crippen LogP contribution in [0.15, 0.2) is 48.5 Å². The van der Waals surface area contributed by atoms with Crippen molar-refractivity contribution in [2.24, 2.45) is 0 Å². The summed E-state index contributed by atoms with van der Waals surface area (Å²) < 4.78 is 0. The zero-order chi connectivity index (χ0) is 13.7. The Morgan fingerprint density at radius 1 is 1.11 bits per heavy atom. The molecule has 19 heavy (non-hydrogen) atoms. The predicted octanol–water partition coefficient (Wildman–Crippen LogP) is 3.67. The number of hydrogen-bond acceptors (Lipinski definition) is 2. The highest BCUT2D eigenvalue weighted by molar-refractivity contribution is 6.18. The predicted molar refractivity (Wildman–Crippen MR) is 81.8 cm³/mol. The Morgan fingerprint density at radius 3 is 2.47 bits per heavy atom. The van der Waals surface area contributed by atoms with Gasteiger partial charge in [-0.2, -0.15) is 0 Å². The lowest BCUT2D eigenvalue weighted by molar-refractivity contribution is 0.211. The molecule has 0 spiro atoms. The van der Waals surface area contributed by atoms with Gasteiger partial charge in [-0.1, -0.05) is 36.4 Å². The summed E-state index contributed by atoms with van der Waals surface area (Å²) >= 11 is 5.57. The Kier molecular flexibility index (Phi) is 4.83. The van der Waals surface area contributed by atoms with Crippen molar-refractivity contribution in [2.45, 2.75) is 13.0 Å². The van der Waals surface area contributed by atoms with Gasteiger partial charge in [0.25, 0.3) is 0 Å². The van der Waals surface area contributed by atoms with Crippen LogP contribution in [-0.4, -0.2) is 23.6 Å². The Labute approximate surface area is 119 Å². The van der Waals surface area contributed by atoms with Crippen LogP contribution in [0.2, 0.25) is 0 Å². The Morgan fingerprint density at radius 2 is 1.84 bits per heavy atom. The molecule has 3 heteroatoms. The zero-order valence-electron chi connectivity index (χ0n) is 10.9. The maximum absolute atomic E-state index is 9.45. The number of anilines is 1. The molecule has 2 aromatic rings. The summed E-state index contributed by atoms with van der Waals surface area (Å²) in [6, 6.07) is 16.5. The van der Waals surface area contributed by atoms with Gasteiger partial charge in [-0.3, -0.25) is 0 Å². The van der Waals surface area contributed by atoms with Crippen LogP contribution in [0.25, 0.3) is 11.1 Å². The average molecular weight is 276 g/mol. The summed E-state index contributed by atoms with van der Waals surface area (Å²) in [6.07, 6.45) is -0.519. The smallest absolute Gasteiger partial charge is 0.0847 e. The molecule has 2 aromatic carbocycles. The van der Waals surface area contributed by atoms with Crippen molar-refractivity contribution in [1.29, 1.82) is 0 Å². The number of aliphatic hydroxyl groups is 1. The van der Waals surface area contributed by atoms with E-state index in [1.165, 1.54) is 11.1 Å². The van der Waals surface area contributed by atoms with Crippen molar-refractivity contribution >= 4 is 17.3 Å². The minimum Gasteiger partial charge on any atom is -0.390 e. The second-order valence-electron chi connectivity index (χ2n) is 4.58. The first kappa shape index (κ1) is 13.9. The fourth-order valence-corrected chi connectivity index (χ4v) is 2.06. The van der Waals surface area contributed by atoms with E-state index < -0.39 is 6.10 Å². The minimum absolute atomic E-state index is 0.244. The first-order valence-electron chi connectivity index (χ1n) is 6.34. The molecule has 100 valence electrons. The van der Waals surface area contributed by atoms with Crippen LogP contribution in [0, 0.1) is 6.92 Å². The molecule has 0 aliphatic heterocycles. The summed E-state index contributed by atoms with van der Waals surface area (Å²) in [4.78, 5) is 0. The van der Waals surface area contributed by atoms with Crippen molar-refractivity contribution in [1.82, 2.24) is 0 Å². The molecule has 2 N–H and O–H groups in total. The van der Waals surface area contributed by atoms with Crippen LogP contribution in [0.5, 0.6) is 0 Å². The molecular weight excluding hydrogens is 258 g/mol. The van der Waals surface area contributed by atoms with E-state index in [1.54, 1.807) is 0 Å². The summed E-state index contributed by atoms with van der Waals surface area (Å²) in [5.74, 6) is 0.244. The summed E-state index contributed by atoms with van der Waals surface area (Å²) in [6.45, 7) is 2.52. The number of aliphatic hydroxyl groups excluding tert-OH is 1. The van der Waals surface area contributed by atoms with E-state index in [4.69, 9.17) is 11.6 Å². The van der Waals surface area contributed by atoms with Gasteiger partial charge < -0.3 is 10.4 Å². The van der Waals surface area contributed by atoms with Crippen molar-refractivity contribution in [3.63, 3.8) is 0 Å². The molecule has 2 rings (SSSR count). The zero-order valence-corrected chi connectivity index (χ0v) is 11.7. The fourth-order valence-electron chi connectivity index (χ4n) is 1.95. The van der Waals surface area contributed by atoms with Crippen LogP contribution in [0.3, 0.4) is 0 Å². The maximum atomic E-state index is 9.45. The highest BCUT2D eigenvalue weighted by atomic mass is 35.5. The minimum atomic E-state index is -0.519. The molecule has 0 aliphatic rings. The highest BCUT2D eigenvalue weighted by Gasteiger charge is 2.04. The number of halogens is 1. The molecule has 0 radical (unpaired) electrons. The molecule has 0 saturated heterocycles. The van der Waals surface area contributed by atoms with E-state index in [1.807, 2.05) is 24.3 Å². The summed E-state index contributed by atoms with van der Waals surface area (Å²) in [7, 11) is 0. The number of nitrogens with one attached hydrogen (secondary N) is 1. The molecule has 2 nitrogen and oxygen atoms in total. The number of benzene rings is 2. The molecule has 0 fully saturated rings. The van der Waals surface area contributed by atoms with E-state index >= 15 is 0 Å². The maximum Gasteiger partial charge on any atom is 0.0847 e. The second kappa shape index (κ2) is 6.60. The van der Waals surface area contributed by atoms with Gasteiger partial charge in [0.15, 0.2) is 0 Å². The lowest BCUT2D eigenvalue weighted by Crippen LogP contribution is -2.21. The third-order valence-corrected chi connectivity index (χ3v) is 3.40. The van der Waals surface area contributed by atoms with Crippen molar-refractivity contribution < 1.29 is 5.11 Å². The number of aryl methyl sites for hydroxylation is 1. The third kappa shape index (κ3) is 3.72. The van der Waals surface area contributed by atoms with Gasteiger partial charge in [-0.25, -0.2) is 0 Å². The topological polar surface area (TPSA) is 32.3 Å². The van der Waals surface area contributed by atoms with Crippen molar-refractivity contribution in [2.75, 3.05) is 17.7 Å². The number of alkyl halides is 1. The molecule has 0 bridgehead atoms. The highest BCUT2D eigenvalue weighted by Crippen LogP contribution is 2.24. The molecule has 1 atom stereocenters. The molecule has 0 saturated carbocycles.